The Labute approximate surface area is 135 Å². The maximum absolute atomic E-state index is 10.4. The quantitative estimate of drug-likeness (QED) is 0.657. The number of hydrogen-bond acceptors (Lipinski definition) is 3. The SMILES string of the molecule is CN=C(NCC1(O)CCSC1)N(C)Cc1cccc(Cl)c1. The summed E-state index contributed by atoms with van der Waals surface area (Å²) in [4.78, 5) is 6.30. The smallest absolute Gasteiger partial charge is 0.193 e. The predicted octanol–water partition coefficient (Wildman–Crippen LogP) is 2.22. The van der Waals surface area contributed by atoms with Crippen LogP contribution in [-0.4, -0.2) is 53.7 Å². The highest BCUT2D eigenvalue weighted by Gasteiger charge is 2.31. The maximum Gasteiger partial charge on any atom is 0.193 e. The first kappa shape index (κ1) is 16.5. The van der Waals surface area contributed by atoms with Crippen molar-refractivity contribution in [3.05, 3.63) is 34.9 Å². The second-order valence-corrected chi connectivity index (χ2v) is 6.96. The van der Waals surface area contributed by atoms with Crippen molar-refractivity contribution >= 4 is 29.3 Å². The van der Waals surface area contributed by atoms with E-state index < -0.39 is 5.60 Å². The number of rotatable bonds is 4. The molecule has 2 rings (SSSR count). The van der Waals surface area contributed by atoms with Crippen molar-refractivity contribution in [3.63, 3.8) is 0 Å². The number of benzene rings is 1. The number of hydrogen-bond donors (Lipinski definition) is 2. The number of aliphatic hydroxyl groups is 1. The molecule has 2 N–H and O–H groups in total. The minimum atomic E-state index is -0.614. The van der Waals surface area contributed by atoms with Crippen molar-refractivity contribution in [2.75, 3.05) is 32.1 Å². The van der Waals surface area contributed by atoms with Gasteiger partial charge in [0.15, 0.2) is 5.96 Å². The van der Waals surface area contributed by atoms with Crippen LogP contribution in [0.1, 0.15) is 12.0 Å². The molecule has 1 saturated heterocycles. The zero-order valence-corrected chi connectivity index (χ0v) is 14.0. The van der Waals surface area contributed by atoms with Crippen molar-refractivity contribution in [1.82, 2.24) is 10.2 Å². The van der Waals surface area contributed by atoms with Crippen molar-refractivity contribution in [3.8, 4) is 0 Å². The molecule has 1 aromatic rings. The summed E-state index contributed by atoms with van der Waals surface area (Å²) >= 11 is 7.80. The van der Waals surface area contributed by atoms with Gasteiger partial charge in [0, 0.05) is 38.0 Å². The molecule has 6 heteroatoms. The highest BCUT2D eigenvalue weighted by molar-refractivity contribution is 7.99. The summed E-state index contributed by atoms with van der Waals surface area (Å²) in [6.07, 6.45) is 0.833. The lowest BCUT2D eigenvalue weighted by atomic mass is 10.0. The summed E-state index contributed by atoms with van der Waals surface area (Å²) in [5, 5.41) is 14.4. The van der Waals surface area contributed by atoms with Crippen LogP contribution < -0.4 is 5.32 Å². The number of nitrogens with one attached hydrogen (secondary N) is 1. The molecule has 0 amide bonds. The number of thioether (sulfide) groups is 1. The standard InChI is InChI=1S/C15H22ClN3OS/c1-17-14(18-10-15(20)6-7-21-11-15)19(2)9-12-4-3-5-13(16)8-12/h3-5,8,20H,6-7,9-11H2,1-2H3,(H,17,18). The predicted molar refractivity (Wildman–Crippen MR) is 91.2 cm³/mol. The van der Waals surface area contributed by atoms with Gasteiger partial charge < -0.3 is 15.3 Å². The van der Waals surface area contributed by atoms with Gasteiger partial charge in [-0.1, -0.05) is 23.7 Å². The van der Waals surface area contributed by atoms with Gasteiger partial charge in [-0.25, -0.2) is 0 Å². The fourth-order valence-electron chi connectivity index (χ4n) is 2.35. The summed E-state index contributed by atoms with van der Waals surface area (Å²) < 4.78 is 0. The molecule has 0 bridgehead atoms. The minimum absolute atomic E-state index is 0.534. The average Bonchev–Trinajstić information content (AvgIpc) is 2.86. The van der Waals surface area contributed by atoms with E-state index in [1.807, 2.05) is 36.2 Å². The lowest BCUT2D eigenvalue weighted by molar-refractivity contribution is 0.0718. The molecule has 0 radical (unpaired) electrons. The van der Waals surface area contributed by atoms with Crippen LogP contribution in [0.15, 0.2) is 29.3 Å². The molecule has 4 nitrogen and oxygen atoms in total. The molecule has 1 atom stereocenters. The van der Waals surface area contributed by atoms with Gasteiger partial charge in [0.1, 0.15) is 0 Å². The van der Waals surface area contributed by atoms with Crippen molar-refractivity contribution < 1.29 is 5.11 Å². The highest BCUT2D eigenvalue weighted by Crippen LogP contribution is 2.27. The first-order valence-corrected chi connectivity index (χ1v) is 8.52. The lowest BCUT2D eigenvalue weighted by Gasteiger charge is -2.27. The van der Waals surface area contributed by atoms with E-state index in [-0.39, 0.29) is 0 Å². The van der Waals surface area contributed by atoms with Gasteiger partial charge in [-0.05, 0) is 29.9 Å². The van der Waals surface area contributed by atoms with Crippen LogP contribution in [-0.2, 0) is 6.54 Å². The summed E-state index contributed by atoms with van der Waals surface area (Å²) in [6.45, 7) is 1.25. The van der Waals surface area contributed by atoms with Gasteiger partial charge in [0.05, 0.1) is 5.60 Å². The van der Waals surface area contributed by atoms with Crippen LogP contribution in [0.2, 0.25) is 5.02 Å². The van der Waals surface area contributed by atoms with E-state index >= 15 is 0 Å². The van der Waals surface area contributed by atoms with E-state index in [9.17, 15) is 5.11 Å². The summed E-state index contributed by atoms with van der Waals surface area (Å²) in [7, 11) is 3.73. The van der Waals surface area contributed by atoms with Gasteiger partial charge in [-0.15, -0.1) is 0 Å². The molecule has 0 aliphatic carbocycles. The molecule has 1 aromatic carbocycles. The third kappa shape index (κ3) is 4.80. The number of guanidine groups is 1. The topological polar surface area (TPSA) is 47.9 Å². The van der Waals surface area contributed by atoms with Gasteiger partial charge >= 0.3 is 0 Å². The summed E-state index contributed by atoms with van der Waals surface area (Å²) in [5.74, 6) is 2.59. The summed E-state index contributed by atoms with van der Waals surface area (Å²) in [5.41, 5.74) is 0.514. The van der Waals surface area contributed by atoms with Gasteiger partial charge in [-0.3, -0.25) is 4.99 Å². The van der Waals surface area contributed by atoms with Crippen LogP contribution in [0, 0.1) is 0 Å². The van der Waals surface area contributed by atoms with Crippen LogP contribution in [0.5, 0.6) is 0 Å². The zero-order chi connectivity index (χ0) is 15.3. The molecule has 116 valence electrons. The maximum atomic E-state index is 10.4. The fraction of sp³-hybridized carbons (Fsp3) is 0.533. The minimum Gasteiger partial charge on any atom is -0.387 e. The van der Waals surface area contributed by atoms with E-state index in [1.165, 1.54) is 0 Å². The highest BCUT2D eigenvalue weighted by atomic mass is 35.5. The van der Waals surface area contributed by atoms with E-state index in [1.54, 1.807) is 18.8 Å². The first-order valence-electron chi connectivity index (χ1n) is 6.99. The van der Waals surface area contributed by atoms with E-state index in [4.69, 9.17) is 11.6 Å². The van der Waals surface area contributed by atoms with Crippen LogP contribution in [0.3, 0.4) is 0 Å². The molecule has 1 fully saturated rings. The van der Waals surface area contributed by atoms with Crippen molar-refractivity contribution in [1.29, 1.82) is 0 Å². The summed E-state index contributed by atoms with van der Waals surface area (Å²) in [6, 6.07) is 7.80. The Balaban J connectivity index is 1.91. The Morgan fingerprint density at radius 3 is 3.00 bits per heavy atom. The monoisotopic (exact) mass is 327 g/mol. The molecule has 1 aliphatic rings. The third-order valence-electron chi connectivity index (χ3n) is 3.54. The number of nitrogens with zero attached hydrogens (tertiary/aromatic N) is 2. The van der Waals surface area contributed by atoms with E-state index in [0.29, 0.717) is 13.1 Å². The van der Waals surface area contributed by atoms with Crippen molar-refractivity contribution in [2.24, 2.45) is 4.99 Å². The third-order valence-corrected chi connectivity index (χ3v) is 5.01. The molecule has 1 unspecified atom stereocenters. The fourth-order valence-corrected chi connectivity index (χ4v) is 3.86. The Hall–Kier alpha value is -0.910. The molecule has 1 aliphatic heterocycles. The van der Waals surface area contributed by atoms with Crippen molar-refractivity contribution in [2.45, 2.75) is 18.6 Å². The largest absolute Gasteiger partial charge is 0.387 e. The van der Waals surface area contributed by atoms with Gasteiger partial charge in [0.2, 0.25) is 0 Å². The zero-order valence-electron chi connectivity index (χ0n) is 12.5. The van der Waals surface area contributed by atoms with E-state index in [0.717, 1.165) is 34.5 Å². The first-order chi connectivity index (χ1) is 10.0. The Kier molecular flexibility index (Phi) is 5.79. The number of halogens is 1. The normalized spacial score (nSPS) is 22.4. The van der Waals surface area contributed by atoms with Crippen LogP contribution in [0.25, 0.3) is 0 Å². The molecular weight excluding hydrogens is 306 g/mol. The Morgan fingerprint density at radius 1 is 1.57 bits per heavy atom. The van der Waals surface area contributed by atoms with Gasteiger partial charge in [0.25, 0.3) is 0 Å². The van der Waals surface area contributed by atoms with Crippen LogP contribution >= 0.6 is 23.4 Å². The Morgan fingerprint density at radius 2 is 2.38 bits per heavy atom. The lowest BCUT2D eigenvalue weighted by Crippen LogP contribution is -2.47. The molecule has 0 spiro atoms. The van der Waals surface area contributed by atoms with E-state index in [2.05, 4.69) is 10.3 Å². The average molecular weight is 328 g/mol. The molecule has 0 saturated carbocycles. The van der Waals surface area contributed by atoms with Gasteiger partial charge in [-0.2, -0.15) is 11.8 Å². The molecule has 21 heavy (non-hydrogen) atoms. The van der Waals surface area contributed by atoms with Crippen LogP contribution in [0.4, 0.5) is 0 Å². The molecular formula is C15H22ClN3OS. The molecule has 1 heterocycles. The molecule has 0 aromatic heterocycles. The Bertz CT molecular complexity index is 503. The number of aliphatic imine (C=N–C) groups is 1. The second-order valence-electron chi connectivity index (χ2n) is 5.41. The second kappa shape index (κ2) is 7.38.